The average Bonchev–Trinajstić information content (AvgIpc) is 3.48. The van der Waals surface area contributed by atoms with Gasteiger partial charge in [0.1, 0.15) is 0 Å². The average molecular weight is 705 g/mol. The molecule has 10 rings (SSSR count). The smallest absolute Gasteiger partial charge is 0.164 e. The fourth-order valence-electron chi connectivity index (χ4n) is 8.06. The summed E-state index contributed by atoms with van der Waals surface area (Å²) in [6.45, 7) is 4.65. The molecule has 0 unspecified atom stereocenters. The molecule has 4 heteroatoms. The van der Waals surface area contributed by atoms with Crippen molar-refractivity contribution in [2.45, 2.75) is 19.3 Å². The monoisotopic (exact) mass is 704 g/mol. The van der Waals surface area contributed by atoms with Gasteiger partial charge in [-0.25, -0.2) is 19.9 Å². The Morgan fingerprint density at radius 1 is 0.327 bits per heavy atom. The fourth-order valence-corrected chi connectivity index (χ4v) is 8.06. The van der Waals surface area contributed by atoms with Gasteiger partial charge >= 0.3 is 0 Å². The van der Waals surface area contributed by atoms with Crippen molar-refractivity contribution in [3.63, 3.8) is 0 Å². The number of fused-ring (bicyclic) bond motifs is 4. The number of hydrogen-bond acceptors (Lipinski definition) is 4. The summed E-state index contributed by atoms with van der Waals surface area (Å²) in [5.74, 6) is 1.93. The van der Waals surface area contributed by atoms with Crippen molar-refractivity contribution in [3.8, 4) is 78.8 Å². The van der Waals surface area contributed by atoms with Crippen LogP contribution in [0.1, 0.15) is 25.0 Å². The van der Waals surface area contributed by atoms with Gasteiger partial charge in [-0.3, -0.25) is 0 Å². The van der Waals surface area contributed by atoms with Crippen molar-refractivity contribution in [2.75, 3.05) is 0 Å². The zero-order chi connectivity index (χ0) is 36.9. The molecule has 0 fully saturated rings. The molecule has 0 atom stereocenters. The third-order valence-corrected chi connectivity index (χ3v) is 10.9. The molecule has 1 aliphatic carbocycles. The van der Waals surface area contributed by atoms with Crippen LogP contribution >= 0.6 is 0 Å². The van der Waals surface area contributed by atoms with Crippen molar-refractivity contribution < 1.29 is 0 Å². The molecule has 0 N–H and O–H groups in total. The Labute approximate surface area is 320 Å². The van der Waals surface area contributed by atoms with Crippen LogP contribution in [0.3, 0.4) is 0 Å². The van der Waals surface area contributed by atoms with Crippen LogP contribution in [0.25, 0.3) is 89.7 Å². The van der Waals surface area contributed by atoms with E-state index in [0.29, 0.717) is 17.5 Å². The number of nitrogens with zero attached hydrogens (tertiary/aromatic N) is 4. The Bertz CT molecular complexity index is 2820. The molecule has 0 radical (unpaired) electrons. The van der Waals surface area contributed by atoms with E-state index in [9.17, 15) is 0 Å². The topological polar surface area (TPSA) is 51.6 Å². The summed E-state index contributed by atoms with van der Waals surface area (Å²) in [4.78, 5) is 20.2. The second kappa shape index (κ2) is 13.1. The van der Waals surface area contributed by atoms with E-state index in [1.54, 1.807) is 0 Å². The van der Waals surface area contributed by atoms with Gasteiger partial charge in [0.05, 0.1) is 11.2 Å². The lowest BCUT2D eigenvalue weighted by molar-refractivity contribution is 0.661. The highest BCUT2D eigenvalue weighted by atomic mass is 15.0. The van der Waals surface area contributed by atoms with Crippen LogP contribution in [0, 0.1) is 0 Å². The maximum atomic E-state index is 5.30. The number of pyridine rings is 1. The summed E-state index contributed by atoms with van der Waals surface area (Å²) >= 11 is 0. The highest BCUT2D eigenvalue weighted by Crippen LogP contribution is 2.50. The number of hydrogen-bond donors (Lipinski definition) is 0. The van der Waals surface area contributed by atoms with Crippen molar-refractivity contribution in [2.24, 2.45) is 0 Å². The molecule has 0 amide bonds. The Kier molecular flexibility index (Phi) is 7.77. The zero-order valence-corrected chi connectivity index (χ0v) is 30.6. The van der Waals surface area contributed by atoms with Crippen LogP contribution in [0.2, 0.25) is 0 Å². The fraction of sp³-hybridized carbons (Fsp3) is 0.0588. The van der Waals surface area contributed by atoms with E-state index in [4.69, 9.17) is 19.9 Å². The molecule has 0 saturated carbocycles. The molecule has 7 aromatic carbocycles. The lowest BCUT2D eigenvalue weighted by Crippen LogP contribution is -2.14. The summed E-state index contributed by atoms with van der Waals surface area (Å²) < 4.78 is 0. The Morgan fingerprint density at radius 3 is 1.45 bits per heavy atom. The van der Waals surface area contributed by atoms with Gasteiger partial charge in [0.25, 0.3) is 0 Å². The first-order valence-corrected chi connectivity index (χ1v) is 18.7. The molecule has 0 aliphatic heterocycles. The standard InChI is InChI=1S/C51H36N4/c1-51(2)44-27-13-12-26-40(44)42-30-43-41(31-46(33-16-6-3-7-17-33)52-47(43)32-45(42)51)38-24-14-22-36(28-38)37-23-15-25-39(29-37)50-54-48(34-18-8-4-9-19-34)53-49(55-50)35-20-10-5-11-21-35/h3-32H,1-2H3. The Balaban J connectivity index is 1.11. The van der Waals surface area contributed by atoms with E-state index in [2.05, 4.69) is 135 Å². The van der Waals surface area contributed by atoms with Gasteiger partial charge in [-0.05, 0) is 74.8 Å². The number of benzene rings is 7. The molecular formula is C51H36N4. The van der Waals surface area contributed by atoms with Crippen LogP contribution in [0.4, 0.5) is 0 Å². The maximum Gasteiger partial charge on any atom is 0.164 e. The SMILES string of the molecule is CC1(C)c2ccccc2-c2cc3c(-c4cccc(-c5cccc(-c6nc(-c7ccccc7)nc(-c7ccccc7)n6)c5)c4)cc(-c4ccccc4)nc3cc21. The summed E-state index contributed by atoms with van der Waals surface area (Å²) in [7, 11) is 0. The van der Waals surface area contributed by atoms with Crippen LogP contribution in [0.15, 0.2) is 182 Å². The minimum absolute atomic E-state index is 0.113. The third-order valence-electron chi connectivity index (χ3n) is 10.9. The normalized spacial score (nSPS) is 12.7. The van der Waals surface area contributed by atoms with Gasteiger partial charge < -0.3 is 0 Å². The molecule has 0 spiro atoms. The van der Waals surface area contributed by atoms with E-state index >= 15 is 0 Å². The summed E-state index contributed by atoms with van der Waals surface area (Å²) in [6.07, 6.45) is 0. The molecular weight excluding hydrogens is 669 g/mol. The van der Waals surface area contributed by atoms with Gasteiger partial charge in [0, 0.05) is 33.1 Å². The molecule has 1 aliphatic rings. The minimum Gasteiger partial charge on any atom is -0.248 e. The third kappa shape index (κ3) is 5.80. The Morgan fingerprint density at radius 2 is 0.818 bits per heavy atom. The molecule has 55 heavy (non-hydrogen) atoms. The summed E-state index contributed by atoms with van der Waals surface area (Å²) in [5.41, 5.74) is 15.5. The lowest BCUT2D eigenvalue weighted by atomic mass is 9.82. The molecule has 2 aromatic heterocycles. The van der Waals surface area contributed by atoms with Gasteiger partial charge in [-0.1, -0.05) is 166 Å². The van der Waals surface area contributed by atoms with Crippen LogP contribution in [-0.4, -0.2) is 19.9 Å². The summed E-state index contributed by atoms with van der Waals surface area (Å²) in [5, 5.41) is 1.14. The first-order chi connectivity index (χ1) is 27.0. The zero-order valence-electron chi connectivity index (χ0n) is 30.6. The molecule has 260 valence electrons. The van der Waals surface area contributed by atoms with Gasteiger partial charge in [-0.2, -0.15) is 0 Å². The molecule has 0 bridgehead atoms. The van der Waals surface area contributed by atoms with Gasteiger partial charge in [-0.15, -0.1) is 0 Å². The van der Waals surface area contributed by atoms with Gasteiger partial charge in [0.15, 0.2) is 17.5 Å². The van der Waals surface area contributed by atoms with Crippen molar-refractivity contribution in [1.29, 1.82) is 0 Å². The first-order valence-electron chi connectivity index (χ1n) is 18.7. The quantitative estimate of drug-likeness (QED) is 0.173. The van der Waals surface area contributed by atoms with Gasteiger partial charge in [0.2, 0.25) is 0 Å². The van der Waals surface area contributed by atoms with Crippen LogP contribution < -0.4 is 0 Å². The number of aromatic nitrogens is 4. The highest BCUT2D eigenvalue weighted by molar-refractivity contribution is 6.02. The first kappa shape index (κ1) is 32.6. The van der Waals surface area contributed by atoms with Crippen LogP contribution in [0.5, 0.6) is 0 Å². The van der Waals surface area contributed by atoms with E-state index in [1.165, 1.54) is 22.3 Å². The van der Waals surface area contributed by atoms with Crippen molar-refractivity contribution >= 4 is 10.9 Å². The molecule has 2 heterocycles. The van der Waals surface area contributed by atoms with E-state index < -0.39 is 0 Å². The summed E-state index contributed by atoms with van der Waals surface area (Å²) in [6, 6.07) is 63.8. The maximum absolute atomic E-state index is 5.30. The predicted octanol–water partition coefficient (Wildman–Crippen LogP) is 12.7. The van der Waals surface area contributed by atoms with Crippen molar-refractivity contribution in [3.05, 3.63) is 193 Å². The highest BCUT2D eigenvalue weighted by Gasteiger charge is 2.35. The van der Waals surface area contributed by atoms with Crippen molar-refractivity contribution in [1.82, 2.24) is 19.9 Å². The second-order valence-electron chi connectivity index (χ2n) is 14.7. The molecule has 4 nitrogen and oxygen atoms in total. The van der Waals surface area contributed by atoms with E-state index in [-0.39, 0.29) is 5.41 Å². The van der Waals surface area contributed by atoms with Crippen LogP contribution in [-0.2, 0) is 5.41 Å². The van der Waals surface area contributed by atoms with E-state index in [0.717, 1.165) is 61.1 Å². The van der Waals surface area contributed by atoms with E-state index in [1.807, 2.05) is 60.7 Å². The molecule has 9 aromatic rings. The molecule has 0 saturated heterocycles. The largest absolute Gasteiger partial charge is 0.248 e. The predicted molar refractivity (Wildman–Crippen MR) is 225 cm³/mol. The Hall–Kier alpha value is -7.04. The number of rotatable bonds is 6. The minimum atomic E-state index is -0.113. The second-order valence-corrected chi connectivity index (χ2v) is 14.7. The lowest BCUT2D eigenvalue weighted by Gasteiger charge is -2.22.